The summed E-state index contributed by atoms with van der Waals surface area (Å²) in [6, 6.07) is 120. The summed E-state index contributed by atoms with van der Waals surface area (Å²) in [6.07, 6.45) is 5.84. The van der Waals surface area contributed by atoms with Gasteiger partial charge in [-0.05, 0) is 182 Å². The van der Waals surface area contributed by atoms with Gasteiger partial charge in [-0.3, -0.25) is 0 Å². The van der Waals surface area contributed by atoms with Crippen molar-refractivity contribution in [1.29, 1.82) is 0 Å². The van der Waals surface area contributed by atoms with Gasteiger partial charge in [-0.2, -0.15) is 0 Å². The van der Waals surface area contributed by atoms with E-state index in [-0.39, 0.29) is 16.2 Å². The third kappa shape index (κ3) is 9.74. The molecule has 0 saturated heterocycles. The third-order valence-corrected chi connectivity index (χ3v) is 24.5. The molecule has 1 spiro atoms. The average Bonchev–Trinajstić information content (AvgIpc) is 1.51. The molecule has 0 bridgehead atoms. The first kappa shape index (κ1) is 63.4. The summed E-state index contributed by atoms with van der Waals surface area (Å²) in [4.78, 5) is 26.4. The molecule has 0 amide bonds. The molecule has 1 unspecified atom stereocenters. The first-order valence-electron chi connectivity index (χ1n) is 37.7. The minimum Gasteiger partial charge on any atom is -0.228 e. The highest BCUT2D eigenvalue weighted by Gasteiger charge is 2.53. The second kappa shape index (κ2) is 24.0. The van der Waals surface area contributed by atoms with Crippen LogP contribution in [-0.4, -0.2) is 24.9 Å². The summed E-state index contributed by atoms with van der Waals surface area (Å²) in [7, 11) is 0. The molecule has 5 aliphatic carbocycles. The molecule has 0 aliphatic heterocycles. The fourth-order valence-electron chi connectivity index (χ4n) is 19.0. The van der Waals surface area contributed by atoms with Crippen LogP contribution in [0.25, 0.3) is 151 Å². The molecular weight excluding hydrogens is 1310 g/mol. The highest BCUT2D eigenvalue weighted by Crippen LogP contribution is 2.64. The lowest BCUT2D eigenvalue weighted by Crippen LogP contribution is -2.28. The number of rotatable bonds is 10. The number of hydrogen-bond donors (Lipinski definition) is 0. The summed E-state index contributed by atoms with van der Waals surface area (Å²) < 4.78 is 0. The van der Waals surface area contributed by atoms with Crippen LogP contribution in [0, 0.1) is 0 Å². The van der Waals surface area contributed by atoms with E-state index in [9.17, 15) is 0 Å². The lowest BCUT2D eigenvalue weighted by Gasteiger charge is -2.35. The Morgan fingerprint density at radius 2 is 0.602 bits per heavy atom. The second-order valence-corrected chi connectivity index (χ2v) is 31.2. The Kier molecular flexibility index (Phi) is 14.1. The van der Waals surface area contributed by atoms with Crippen LogP contribution in [0.2, 0.25) is 0 Å². The van der Waals surface area contributed by atoms with Crippen LogP contribution in [0.5, 0.6) is 0 Å². The normalized spacial score (nSPS) is 16.0. The van der Waals surface area contributed by atoms with Crippen molar-refractivity contribution >= 4 is 16.3 Å². The van der Waals surface area contributed by atoms with E-state index in [1.807, 2.05) is 18.2 Å². The summed E-state index contributed by atoms with van der Waals surface area (Å²) in [5.74, 6) is 2.61. The number of hydrogen-bond acceptors (Lipinski definition) is 5. The maximum absolute atomic E-state index is 5.52. The Labute approximate surface area is 630 Å². The lowest BCUT2D eigenvalue weighted by atomic mass is 9.69. The Balaban J connectivity index is 0.604. The van der Waals surface area contributed by atoms with Crippen molar-refractivity contribution in [1.82, 2.24) is 24.9 Å². The molecule has 2 aromatic heterocycles. The van der Waals surface area contributed by atoms with Gasteiger partial charge >= 0.3 is 0 Å². The van der Waals surface area contributed by atoms with Gasteiger partial charge in [0.1, 0.15) is 0 Å². The zero-order chi connectivity index (χ0) is 72.2. The van der Waals surface area contributed by atoms with Crippen LogP contribution in [-0.2, 0) is 21.7 Å². The molecule has 2 heterocycles. The molecule has 0 N–H and O–H groups in total. The SMILES string of the molecule is CC1(C)C2=CC(c3ccc(-c4nc(-c5ccccc5)nc(-c5ccc(-c6ccc7c(c6)C(C)(C)c6cc(-c8ccc9c(c8)C8(c%10ccccc%10-c%10ccccc%108)c8cc(-c%10cc(-c%11ccc(-c%12ccccc%12)cc%11)nc(-c%11ccc%12ccccc%12c%11)n%10)ccc8-9)ccc6-7)cc5)n4)cc3)=CCC2(C)c2ccccc21. The van der Waals surface area contributed by atoms with E-state index >= 15 is 0 Å². The first-order valence-corrected chi connectivity index (χ1v) is 37.7. The van der Waals surface area contributed by atoms with Gasteiger partial charge in [-0.1, -0.05) is 338 Å². The van der Waals surface area contributed by atoms with Crippen molar-refractivity contribution in [3.8, 4) is 135 Å². The van der Waals surface area contributed by atoms with Gasteiger partial charge in [0.05, 0.1) is 16.8 Å². The van der Waals surface area contributed by atoms with Gasteiger partial charge < -0.3 is 0 Å². The van der Waals surface area contributed by atoms with E-state index in [0.717, 1.165) is 67.7 Å². The average molecular weight is 1380 g/mol. The minimum absolute atomic E-state index is 0.00639. The highest BCUT2D eigenvalue weighted by molar-refractivity contribution is 5.98. The van der Waals surface area contributed by atoms with Gasteiger partial charge in [0, 0.05) is 49.6 Å². The molecule has 5 nitrogen and oxygen atoms in total. The van der Waals surface area contributed by atoms with E-state index in [1.54, 1.807) is 0 Å². The summed E-state index contributed by atoms with van der Waals surface area (Å²) in [6.45, 7) is 12.0. The van der Waals surface area contributed by atoms with Gasteiger partial charge in [0.25, 0.3) is 0 Å². The van der Waals surface area contributed by atoms with Crippen LogP contribution < -0.4 is 0 Å². The molecule has 5 heteroatoms. The predicted molar refractivity (Wildman–Crippen MR) is 443 cm³/mol. The topological polar surface area (TPSA) is 64.5 Å². The number of aromatic nitrogens is 5. The molecule has 108 heavy (non-hydrogen) atoms. The van der Waals surface area contributed by atoms with Crippen LogP contribution in [0.4, 0.5) is 0 Å². The largest absolute Gasteiger partial charge is 0.228 e. The number of nitrogens with zero attached hydrogens (tertiary/aromatic N) is 5. The van der Waals surface area contributed by atoms with Crippen LogP contribution in [0.15, 0.2) is 345 Å². The molecule has 16 aromatic rings. The molecule has 0 saturated carbocycles. The fraction of sp³-hybridized carbons (Fsp3) is 0.0971. The number of allylic oxidation sites excluding steroid dienone is 4. The Hall–Kier alpha value is -13.1. The quantitative estimate of drug-likeness (QED) is 0.137. The molecule has 14 aromatic carbocycles. The summed E-state index contributed by atoms with van der Waals surface area (Å²) in [5.41, 5.74) is 35.8. The van der Waals surface area contributed by atoms with Crippen molar-refractivity contribution in [2.45, 2.75) is 62.7 Å². The molecule has 1 atom stereocenters. The van der Waals surface area contributed by atoms with Crippen molar-refractivity contribution in [3.05, 3.63) is 395 Å². The predicted octanol–water partition coefficient (Wildman–Crippen LogP) is 25.4. The van der Waals surface area contributed by atoms with Crippen LogP contribution in [0.1, 0.15) is 91.1 Å². The molecule has 0 radical (unpaired) electrons. The van der Waals surface area contributed by atoms with Gasteiger partial charge in [-0.25, -0.2) is 24.9 Å². The second-order valence-electron chi connectivity index (χ2n) is 31.2. The number of benzene rings is 14. The van der Waals surface area contributed by atoms with Gasteiger partial charge in [-0.15, -0.1) is 0 Å². The maximum atomic E-state index is 5.52. The van der Waals surface area contributed by atoms with Crippen LogP contribution >= 0.6 is 0 Å². The Morgan fingerprint density at radius 3 is 1.19 bits per heavy atom. The molecule has 510 valence electrons. The summed E-state index contributed by atoms with van der Waals surface area (Å²) in [5, 5.41) is 2.33. The standard InChI is InChI=1S/C103H73N5/c1-100(2)89-57-73(66-34-41-70(42-35-66)97-106-96(69-23-10-7-11-24-69)107-98(108-97)71-43-36-67(37-44-71)76-54-55-102(5)88-31-19-18-30-87(88)101(3,4)95(102)61-76)46-50-81(89)82-51-47-74(58-90(82)100)75-48-52-83-84-53-49-77(60-92(84)103(91(83)59-75)85-28-16-14-26-79(85)80-27-15-17-29-86(80)103)94-62-93(68-39-32-65(33-40-68)63-20-8-6-9-21-63)104-99(105-94)78-45-38-64-22-12-13-25-72(64)56-78/h6-54,56-62H,55H2,1-5H3. The van der Waals surface area contributed by atoms with E-state index < -0.39 is 5.41 Å². The summed E-state index contributed by atoms with van der Waals surface area (Å²) >= 11 is 0. The monoisotopic (exact) mass is 1380 g/mol. The van der Waals surface area contributed by atoms with Crippen molar-refractivity contribution in [3.63, 3.8) is 0 Å². The van der Waals surface area contributed by atoms with E-state index in [0.29, 0.717) is 23.3 Å². The molecule has 0 fully saturated rings. The number of fused-ring (bicyclic) bond motifs is 17. The van der Waals surface area contributed by atoms with E-state index in [4.69, 9.17) is 24.9 Å². The molecule has 21 rings (SSSR count). The highest BCUT2D eigenvalue weighted by atomic mass is 15.0. The van der Waals surface area contributed by atoms with Gasteiger partial charge in [0.15, 0.2) is 23.3 Å². The Morgan fingerprint density at radius 1 is 0.231 bits per heavy atom. The van der Waals surface area contributed by atoms with Crippen LogP contribution in [0.3, 0.4) is 0 Å². The maximum Gasteiger partial charge on any atom is 0.164 e. The Bertz CT molecular complexity index is 6450. The molecule has 5 aliphatic rings. The van der Waals surface area contributed by atoms with E-state index in [2.05, 4.69) is 356 Å². The third-order valence-electron chi connectivity index (χ3n) is 24.5. The molecular formula is C103H73N5. The van der Waals surface area contributed by atoms with Gasteiger partial charge in [0.2, 0.25) is 0 Å². The lowest BCUT2D eigenvalue weighted by molar-refractivity contribution is 0.513. The van der Waals surface area contributed by atoms with Crippen molar-refractivity contribution < 1.29 is 0 Å². The first-order chi connectivity index (χ1) is 52.8. The zero-order valence-electron chi connectivity index (χ0n) is 60.8. The minimum atomic E-state index is -0.612. The fourth-order valence-corrected chi connectivity index (χ4v) is 19.0. The smallest absolute Gasteiger partial charge is 0.164 e. The zero-order valence-corrected chi connectivity index (χ0v) is 60.8. The van der Waals surface area contributed by atoms with Crippen molar-refractivity contribution in [2.75, 3.05) is 0 Å². The van der Waals surface area contributed by atoms with Crippen molar-refractivity contribution in [2.24, 2.45) is 0 Å². The van der Waals surface area contributed by atoms with E-state index in [1.165, 1.54) is 122 Å².